The second-order valence-electron chi connectivity index (χ2n) is 4.97. The molecule has 0 bridgehead atoms. The van der Waals surface area contributed by atoms with Gasteiger partial charge in [-0.2, -0.15) is 0 Å². The minimum Gasteiger partial charge on any atom is -0.383 e. The van der Waals surface area contributed by atoms with Crippen LogP contribution in [0.1, 0.15) is 34.1 Å². The van der Waals surface area contributed by atoms with Gasteiger partial charge in [0.1, 0.15) is 0 Å². The molecule has 0 radical (unpaired) electrons. The maximum absolute atomic E-state index is 5.37. The van der Waals surface area contributed by atoms with Crippen molar-refractivity contribution in [3.8, 4) is 0 Å². The number of nitrogens with one attached hydrogen (secondary N) is 1. The fraction of sp³-hybridized carbons (Fsp3) is 1.00. The van der Waals surface area contributed by atoms with Gasteiger partial charge >= 0.3 is 0 Å². The zero-order valence-corrected chi connectivity index (χ0v) is 11.1. The minimum atomic E-state index is -0.0401. The Labute approximate surface area is 94.5 Å². The topological polar surface area (TPSA) is 30.5 Å². The third kappa shape index (κ3) is 6.88. The largest absolute Gasteiger partial charge is 0.383 e. The van der Waals surface area contributed by atoms with Gasteiger partial charge in [-0.3, -0.25) is 0 Å². The molecule has 3 nitrogen and oxygen atoms in total. The second kappa shape index (κ2) is 7.20. The summed E-state index contributed by atoms with van der Waals surface area (Å²) < 4.78 is 10.5. The van der Waals surface area contributed by atoms with Crippen molar-refractivity contribution in [3.05, 3.63) is 0 Å². The monoisotopic (exact) mass is 217 g/mol. The molecule has 0 aliphatic heterocycles. The molecular weight excluding hydrogens is 190 g/mol. The van der Waals surface area contributed by atoms with E-state index in [2.05, 4.69) is 33.0 Å². The zero-order chi connectivity index (χ0) is 11.9. The van der Waals surface area contributed by atoms with E-state index in [4.69, 9.17) is 9.47 Å². The van der Waals surface area contributed by atoms with Crippen molar-refractivity contribution in [3.63, 3.8) is 0 Å². The Morgan fingerprint density at radius 3 is 2.20 bits per heavy atom. The van der Waals surface area contributed by atoms with Gasteiger partial charge in [-0.1, -0.05) is 13.8 Å². The summed E-state index contributed by atoms with van der Waals surface area (Å²) in [5.74, 6) is 0.593. The van der Waals surface area contributed by atoms with Crippen LogP contribution in [0.15, 0.2) is 0 Å². The molecule has 1 unspecified atom stereocenters. The third-order valence-electron chi connectivity index (χ3n) is 2.84. The van der Waals surface area contributed by atoms with Gasteiger partial charge in [0.15, 0.2) is 0 Å². The Morgan fingerprint density at radius 1 is 1.20 bits per heavy atom. The average molecular weight is 217 g/mol. The summed E-state index contributed by atoms with van der Waals surface area (Å²) in [4.78, 5) is 0. The van der Waals surface area contributed by atoms with Gasteiger partial charge in [-0.05, 0) is 32.7 Å². The fourth-order valence-electron chi connectivity index (χ4n) is 1.33. The molecule has 0 saturated carbocycles. The Hall–Kier alpha value is -0.120. The molecule has 0 aliphatic rings. The molecule has 0 aromatic carbocycles. The maximum Gasteiger partial charge on any atom is 0.0634 e. The Bertz CT molecular complexity index is 158. The lowest BCUT2D eigenvalue weighted by molar-refractivity contribution is 0.0141. The first-order valence-electron chi connectivity index (χ1n) is 5.70. The average Bonchev–Trinajstić information content (AvgIpc) is 2.16. The van der Waals surface area contributed by atoms with E-state index in [-0.39, 0.29) is 5.60 Å². The standard InChI is InChI=1S/C12H27NO2/c1-10(2)11(9-14-5)13-8-7-12(3,4)15-6/h10-11,13H,7-9H2,1-6H3. The van der Waals surface area contributed by atoms with E-state index in [9.17, 15) is 0 Å². The zero-order valence-electron chi connectivity index (χ0n) is 11.1. The van der Waals surface area contributed by atoms with Crippen LogP contribution in [0.2, 0.25) is 0 Å². The predicted molar refractivity (Wildman–Crippen MR) is 64.2 cm³/mol. The molecule has 0 spiro atoms. The summed E-state index contributed by atoms with van der Waals surface area (Å²) in [5, 5.41) is 3.51. The van der Waals surface area contributed by atoms with Gasteiger partial charge in [-0.25, -0.2) is 0 Å². The Kier molecular flexibility index (Phi) is 7.14. The highest BCUT2D eigenvalue weighted by Gasteiger charge is 2.17. The summed E-state index contributed by atoms with van der Waals surface area (Å²) in [6.07, 6.45) is 1.01. The molecule has 0 amide bonds. The van der Waals surface area contributed by atoms with E-state index in [1.165, 1.54) is 0 Å². The van der Waals surface area contributed by atoms with Crippen LogP contribution in [-0.4, -0.2) is 39.0 Å². The highest BCUT2D eigenvalue weighted by atomic mass is 16.5. The lowest BCUT2D eigenvalue weighted by Gasteiger charge is -2.26. The first-order chi connectivity index (χ1) is 6.93. The Balaban J connectivity index is 3.80. The molecule has 0 aliphatic carbocycles. The number of rotatable bonds is 8. The lowest BCUT2D eigenvalue weighted by Crippen LogP contribution is -2.40. The number of hydrogen-bond donors (Lipinski definition) is 1. The molecule has 0 aromatic heterocycles. The highest BCUT2D eigenvalue weighted by Crippen LogP contribution is 2.12. The molecule has 0 fully saturated rings. The van der Waals surface area contributed by atoms with Crippen molar-refractivity contribution >= 4 is 0 Å². The number of hydrogen-bond acceptors (Lipinski definition) is 3. The van der Waals surface area contributed by atoms with Crippen molar-refractivity contribution in [1.29, 1.82) is 0 Å². The van der Waals surface area contributed by atoms with Gasteiger partial charge in [0.25, 0.3) is 0 Å². The fourth-order valence-corrected chi connectivity index (χ4v) is 1.33. The second-order valence-corrected chi connectivity index (χ2v) is 4.97. The van der Waals surface area contributed by atoms with Crippen LogP contribution >= 0.6 is 0 Å². The van der Waals surface area contributed by atoms with Gasteiger partial charge in [0, 0.05) is 20.3 Å². The number of ether oxygens (including phenoxy) is 2. The summed E-state index contributed by atoms with van der Waals surface area (Å²) in [6.45, 7) is 10.4. The third-order valence-corrected chi connectivity index (χ3v) is 2.84. The first-order valence-corrected chi connectivity index (χ1v) is 5.70. The van der Waals surface area contributed by atoms with Crippen LogP contribution < -0.4 is 5.32 Å². The first kappa shape index (κ1) is 14.9. The van der Waals surface area contributed by atoms with Gasteiger partial charge in [0.05, 0.1) is 12.2 Å². The van der Waals surface area contributed by atoms with E-state index >= 15 is 0 Å². The van der Waals surface area contributed by atoms with Crippen molar-refractivity contribution in [1.82, 2.24) is 5.32 Å². The van der Waals surface area contributed by atoms with Crippen LogP contribution in [0.3, 0.4) is 0 Å². The minimum absolute atomic E-state index is 0.0401. The van der Waals surface area contributed by atoms with Crippen LogP contribution in [-0.2, 0) is 9.47 Å². The SMILES string of the molecule is COCC(NCCC(C)(C)OC)C(C)C. The summed E-state index contributed by atoms with van der Waals surface area (Å²) in [5.41, 5.74) is -0.0401. The van der Waals surface area contributed by atoms with Gasteiger partial charge in [0.2, 0.25) is 0 Å². The maximum atomic E-state index is 5.37. The van der Waals surface area contributed by atoms with Gasteiger partial charge < -0.3 is 14.8 Å². The smallest absolute Gasteiger partial charge is 0.0634 e. The van der Waals surface area contributed by atoms with E-state index < -0.39 is 0 Å². The van der Waals surface area contributed by atoms with Crippen LogP contribution in [0.5, 0.6) is 0 Å². The van der Waals surface area contributed by atoms with E-state index in [0.717, 1.165) is 19.6 Å². The van der Waals surface area contributed by atoms with Crippen LogP contribution in [0, 0.1) is 5.92 Å². The molecule has 3 heteroatoms. The van der Waals surface area contributed by atoms with Crippen molar-refractivity contribution < 1.29 is 9.47 Å². The van der Waals surface area contributed by atoms with Crippen molar-refractivity contribution in [2.45, 2.75) is 45.8 Å². The molecule has 92 valence electrons. The molecular formula is C12H27NO2. The van der Waals surface area contributed by atoms with Crippen LogP contribution in [0.25, 0.3) is 0 Å². The van der Waals surface area contributed by atoms with Crippen molar-refractivity contribution in [2.24, 2.45) is 5.92 Å². The Morgan fingerprint density at radius 2 is 1.80 bits per heavy atom. The molecule has 15 heavy (non-hydrogen) atoms. The molecule has 0 saturated heterocycles. The van der Waals surface area contributed by atoms with E-state index in [1.54, 1.807) is 14.2 Å². The highest BCUT2D eigenvalue weighted by molar-refractivity contribution is 4.74. The quantitative estimate of drug-likeness (QED) is 0.675. The predicted octanol–water partition coefficient (Wildman–Crippen LogP) is 2.06. The van der Waals surface area contributed by atoms with E-state index in [1.807, 2.05) is 0 Å². The van der Waals surface area contributed by atoms with Crippen LogP contribution in [0.4, 0.5) is 0 Å². The molecule has 0 heterocycles. The van der Waals surface area contributed by atoms with Crippen molar-refractivity contribution in [2.75, 3.05) is 27.4 Å². The summed E-state index contributed by atoms with van der Waals surface area (Å²) in [6, 6.07) is 0.433. The number of methoxy groups -OCH3 is 2. The molecule has 1 atom stereocenters. The molecule has 0 aromatic rings. The van der Waals surface area contributed by atoms with Gasteiger partial charge in [-0.15, -0.1) is 0 Å². The lowest BCUT2D eigenvalue weighted by atomic mass is 10.0. The van der Waals surface area contributed by atoms with E-state index in [0.29, 0.717) is 12.0 Å². The molecule has 1 N–H and O–H groups in total. The summed E-state index contributed by atoms with van der Waals surface area (Å²) >= 11 is 0. The summed E-state index contributed by atoms with van der Waals surface area (Å²) in [7, 11) is 3.51. The molecule has 0 rings (SSSR count). The normalized spacial score (nSPS) is 14.6.